The number of carbonyl (C=O) groups excluding carboxylic acids is 2. The molecule has 1 N–H and O–H groups in total. The molecule has 5 aromatic carbocycles. The monoisotopic (exact) mass is 816 g/mol. The summed E-state index contributed by atoms with van der Waals surface area (Å²) in [5, 5.41) is 2.90. The van der Waals surface area contributed by atoms with Crippen molar-refractivity contribution in [2.75, 3.05) is 20.5 Å². The summed E-state index contributed by atoms with van der Waals surface area (Å²) in [5.41, 5.74) is 2.46. The van der Waals surface area contributed by atoms with Gasteiger partial charge < -0.3 is 10.1 Å². The number of nitrogens with one attached hydrogen (secondary N) is 1. The van der Waals surface area contributed by atoms with Crippen molar-refractivity contribution in [2.24, 2.45) is 0 Å². The van der Waals surface area contributed by atoms with Crippen LogP contribution in [0.2, 0.25) is 0 Å². The first kappa shape index (κ1) is 41.3. The number of nitrogens with zero attached hydrogens (tertiary/aromatic N) is 3. The van der Waals surface area contributed by atoms with Gasteiger partial charge in [-0.3, -0.25) is 14.7 Å². The van der Waals surface area contributed by atoms with Crippen LogP contribution in [0.15, 0.2) is 158 Å². The number of para-hydroxylation sites is 1. The van der Waals surface area contributed by atoms with E-state index >= 15 is 0 Å². The van der Waals surface area contributed by atoms with E-state index < -0.39 is 49.2 Å². The van der Waals surface area contributed by atoms with Crippen LogP contribution < -0.4 is 13.9 Å². The molecule has 0 aliphatic carbocycles. The highest BCUT2D eigenvalue weighted by atomic mass is 32.3. The second-order valence-corrected chi connectivity index (χ2v) is 18.3. The molecule has 0 aliphatic heterocycles. The molecule has 0 fully saturated rings. The molecule has 0 saturated heterocycles. The molecule has 6 rings (SSSR count). The third-order valence-electron chi connectivity index (χ3n) is 8.82. The van der Waals surface area contributed by atoms with Crippen molar-refractivity contribution in [1.29, 1.82) is 0 Å². The van der Waals surface area contributed by atoms with Crippen molar-refractivity contribution in [3.05, 3.63) is 180 Å². The lowest BCUT2D eigenvalue weighted by Gasteiger charge is -2.27. The Labute approximate surface area is 340 Å². The summed E-state index contributed by atoms with van der Waals surface area (Å²) in [6.07, 6.45) is 1.65. The van der Waals surface area contributed by atoms with E-state index in [9.17, 15) is 26.4 Å². The molecule has 58 heavy (non-hydrogen) atoms. The fourth-order valence-corrected chi connectivity index (χ4v) is 10.4. The first-order valence-corrected chi connectivity index (χ1v) is 21.8. The summed E-state index contributed by atoms with van der Waals surface area (Å²) >= 11 is 0. The third-order valence-corrected chi connectivity index (χ3v) is 13.0. The van der Waals surface area contributed by atoms with Crippen LogP contribution in [0.5, 0.6) is 0 Å². The average Bonchev–Trinajstić information content (AvgIpc) is 3.19. The number of rotatable bonds is 14. The van der Waals surface area contributed by atoms with Crippen LogP contribution in [0.25, 0.3) is 11.1 Å². The predicted octanol–water partition coefficient (Wildman–Crippen LogP) is 8.85. The van der Waals surface area contributed by atoms with Gasteiger partial charge in [-0.1, -0.05) is 103 Å². The van der Waals surface area contributed by atoms with Crippen molar-refractivity contribution in [3.8, 4) is 11.1 Å². The molecule has 0 bridgehead atoms. The predicted molar refractivity (Wildman–Crippen MR) is 228 cm³/mol. The lowest BCUT2D eigenvalue weighted by atomic mass is 9.97. The van der Waals surface area contributed by atoms with Gasteiger partial charge in [0.15, 0.2) is 0 Å². The Morgan fingerprint density at radius 2 is 1.17 bits per heavy atom. The van der Waals surface area contributed by atoms with Gasteiger partial charge in [0, 0.05) is 47.4 Å². The Bertz CT molecular complexity index is 2490. The van der Waals surface area contributed by atoms with E-state index in [4.69, 9.17) is 4.74 Å². The Morgan fingerprint density at radius 3 is 1.74 bits per heavy atom. The smallest absolute Gasteiger partial charge is 0.414 e. The van der Waals surface area contributed by atoms with Gasteiger partial charge in [0.05, 0.1) is 17.2 Å². The molecular weight excluding hydrogens is 773 g/mol. The number of amides is 2. The van der Waals surface area contributed by atoms with Gasteiger partial charge in [-0.15, -0.1) is 0 Å². The quantitative estimate of drug-likeness (QED) is 0.115. The van der Waals surface area contributed by atoms with Gasteiger partial charge in [0.1, 0.15) is 5.60 Å². The van der Waals surface area contributed by atoms with E-state index in [-0.39, 0.29) is 16.8 Å². The average molecular weight is 817 g/mol. The van der Waals surface area contributed by atoms with Crippen molar-refractivity contribution >= 4 is 49.1 Å². The van der Waals surface area contributed by atoms with Crippen LogP contribution in [0.4, 0.5) is 21.9 Å². The number of hydrogen-bond acceptors (Lipinski definition) is 8. The molecule has 298 valence electrons. The minimum Gasteiger partial charge on any atom is -0.443 e. The van der Waals surface area contributed by atoms with Crippen molar-refractivity contribution in [1.82, 2.24) is 4.98 Å². The van der Waals surface area contributed by atoms with Gasteiger partial charge in [0.2, 0.25) is 0 Å². The number of anilines is 3. The largest absolute Gasteiger partial charge is 0.443 e. The van der Waals surface area contributed by atoms with E-state index in [0.717, 1.165) is 5.69 Å². The number of pyridine rings is 1. The summed E-state index contributed by atoms with van der Waals surface area (Å²) in [5.74, 6) is -1.69. The fourth-order valence-electron chi connectivity index (χ4n) is 6.27. The summed E-state index contributed by atoms with van der Waals surface area (Å²) in [6.45, 7) is 5.67. The maximum atomic E-state index is 14.3. The third kappa shape index (κ3) is 10.5. The van der Waals surface area contributed by atoms with Crippen molar-refractivity contribution < 1.29 is 31.2 Å². The second-order valence-electron chi connectivity index (χ2n) is 14.4. The Morgan fingerprint density at radius 1 is 0.638 bits per heavy atom. The van der Waals surface area contributed by atoms with Crippen LogP contribution in [-0.2, 0) is 42.7 Å². The van der Waals surface area contributed by atoms with Crippen LogP contribution in [0.1, 0.15) is 48.0 Å². The Kier molecular flexibility index (Phi) is 12.7. The molecular formula is C45H44N4O7S2. The molecule has 0 aliphatic rings. The Hall–Kier alpha value is -6.31. The van der Waals surface area contributed by atoms with E-state index in [1.54, 1.807) is 154 Å². The zero-order valence-electron chi connectivity index (χ0n) is 32.4. The van der Waals surface area contributed by atoms with Gasteiger partial charge in [-0.05, 0) is 86.0 Å². The molecule has 11 nitrogen and oxygen atoms in total. The molecule has 0 unspecified atom stereocenters. The zero-order valence-corrected chi connectivity index (χ0v) is 34.0. The maximum absolute atomic E-state index is 14.3. The zero-order chi connectivity index (χ0) is 41.3. The number of ether oxygens (including phenoxy) is 1. The van der Waals surface area contributed by atoms with Gasteiger partial charge in [-0.2, -0.15) is 3.71 Å². The first-order chi connectivity index (χ1) is 27.7. The van der Waals surface area contributed by atoms with Crippen LogP contribution in [0, 0.1) is 0 Å². The SMILES string of the molecule is CC(C)(C)OC(=O)N(CCc1ccccn1)c1ccc(NC(=O)c2ccccc2-c2ccccc2N(S(=O)(=O)Cc2ccccc2)S(=O)(=O)Cc2ccccc2)cc1. The van der Waals surface area contributed by atoms with E-state index in [2.05, 4.69) is 10.3 Å². The van der Waals surface area contributed by atoms with E-state index in [1.165, 1.54) is 11.0 Å². The normalized spacial score (nSPS) is 11.7. The van der Waals surface area contributed by atoms with Gasteiger partial charge in [0.25, 0.3) is 26.0 Å². The number of sulfonamides is 2. The minimum absolute atomic E-state index is 0.119. The molecule has 0 atom stereocenters. The summed E-state index contributed by atoms with van der Waals surface area (Å²) in [4.78, 5) is 33.3. The summed E-state index contributed by atoms with van der Waals surface area (Å²) in [6, 6.07) is 41.8. The molecule has 0 spiro atoms. The summed E-state index contributed by atoms with van der Waals surface area (Å²) in [7, 11) is -9.12. The van der Waals surface area contributed by atoms with Gasteiger partial charge in [-0.25, -0.2) is 21.6 Å². The number of hydrogen-bond donors (Lipinski definition) is 1. The van der Waals surface area contributed by atoms with Gasteiger partial charge >= 0.3 is 6.09 Å². The minimum atomic E-state index is -4.56. The lowest BCUT2D eigenvalue weighted by Crippen LogP contribution is -2.39. The lowest BCUT2D eigenvalue weighted by molar-refractivity contribution is 0.0580. The highest BCUT2D eigenvalue weighted by molar-refractivity contribution is 8.09. The maximum Gasteiger partial charge on any atom is 0.414 e. The van der Waals surface area contributed by atoms with Crippen LogP contribution >= 0.6 is 0 Å². The van der Waals surface area contributed by atoms with Crippen molar-refractivity contribution in [2.45, 2.75) is 44.3 Å². The first-order valence-electron chi connectivity index (χ1n) is 18.5. The molecule has 6 aromatic rings. The second kappa shape index (κ2) is 17.9. The molecule has 1 aromatic heterocycles. The van der Waals surface area contributed by atoms with E-state index in [0.29, 0.717) is 44.7 Å². The standard InChI is InChI=1S/C45H44N4O7S2/c1-45(2,3)56-44(51)48(31-29-36-20-14-15-30-46-36)38-27-25-37(26-28-38)47-43(50)41-23-11-10-21-39(41)40-22-12-13-24-42(40)49(57(52,53)32-34-16-6-4-7-17-34)58(54,55)33-35-18-8-5-9-19-35/h4-28,30H,29,31-33H2,1-3H3,(H,47,50). The highest BCUT2D eigenvalue weighted by Crippen LogP contribution is 2.38. The number of aromatic nitrogens is 1. The number of benzene rings is 5. The summed E-state index contributed by atoms with van der Waals surface area (Å²) < 4.78 is 63.5. The molecule has 0 saturated carbocycles. The topological polar surface area (TPSA) is 143 Å². The fraction of sp³-hybridized carbons (Fsp3) is 0.178. The molecule has 13 heteroatoms. The molecule has 2 amide bonds. The van der Waals surface area contributed by atoms with Crippen LogP contribution in [0.3, 0.4) is 0 Å². The van der Waals surface area contributed by atoms with E-state index in [1.807, 2.05) is 18.2 Å². The highest BCUT2D eigenvalue weighted by Gasteiger charge is 2.36. The number of carbonyl (C=O) groups is 2. The van der Waals surface area contributed by atoms with Crippen LogP contribution in [-0.4, -0.2) is 46.0 Å². The molecule has 0 radical (unpaired) electrons. The van der Waals surface area contributed by atoms with Crippen molar-refractivity contribution in [3.63, 3.8) is 0 Å². The Balaban J connectivity index is 1.32. The molecule has 1 heterocycles.